The molecule has 1 N–H and O–H groups in total. The minimum Gasteiger partial charge on any atom is -0.468 e. The van der Waals surface area contributed by atoms with Crippen LogP contribution in [0.3, 0.4) is 0 Å². The van der Waals surface area contributed by atoms with Gasteiger partial charge >= 0.3 is 0 Å². The third-order valence-corrected chi connectivity index (χ3v) is 3.24. The first-order chi connectivity index (χ1) is 8.27. The molecule has 1 saturated heterocycles. The average molecular weight is 236 g/mol. The minimum atomic E-state index is 0.0822. The van der Waals surface area contributed by atoms with E-state index >= 15 is 0 Å². The highest BCUT2D eigenvalue weighted by Crippen LogP contribution is 2.12. The first-order valence-corrected chi connectivity index (χ1v) is 6.32. The van der Waals surface area contributed by atoms with E-state index in [1.165, 1.54) is 6.42 Å². The highest BCUT2D eigenvalue weighted by atomic mass is 16.3. The molecule has 0 aliphatic carbocycles. The number of amides is 1. The summed E-state index contributed by atoms with van der Waals surface area (Å²) in [6.07, 6.45) is 5.18. The van der Waals surface area contributed by atoms with Crippen LogP contribution in [0, 0.1) is 0 Å². The van der Waals surface area contributed by atoms with Crippen molar-refractivity contribution in [2.24, 2.45) is 0 Å². The Labute approximate surface area is 102 Å². The summed E-state index contributed by atoms with van der Waals surface area (Å²) in [7, 11) is 0. The van der Waals surface area contributed by atoms with Crippen LogP contribution in [0.25, 0.3) is 0 Å². The van der Waals surface area contributed by atoms with E-state index < -0.39 is 0 Å². The van der Waals surface area contributed by atoms with Crippen LogP contribution in [-0.2, 0) is 4.79 Å². The Morgan fingerprint density at radius 3 is 2.88 bits per heavy atom. The maximum atomic E-state index is 11.9. The smallest absolute Gasteiger partial charge is 0.236 e. The fourth-order valence-corrected chi connectivity index (χ4v) is 2.13. The van der Waals surface area contributed by atoms with Crippen LogP contribution in [0.5, 0.6) is 0 Å². The SMILES string of the molecule is C[C@H](NCC(=O)N1CCCCC1)c1ccco1. The van der Waals surface area contributed by atoms with Crippen LogP contribution in [0.4, 0.5) is 0 Å². The van der Waals surface area contributed by atoms with Gasteiger partial charge in [-0.2, -0.15) is 0 Å². The predicted octanol–water partition coefficient (Wildman–Crippen LogP) is 1.94. The standard InChI is InChI=1S/C13H20N2O2/c1-11(12-6-5-9-17-12)14-10-13(16)15-7-3-2-4-8-15/h5-6,9,11,14H,2-4,7-8,10H2,1H3/t11-/m0/s1. The van der Waals surface area contributed by atoms with Crippen molar-refractivity contribution in [1.82, 2.24) is 10.2 Å². The quantitative estimate of drug-likeness (QED) is 0.869. The van der Waals surface area contributed by atoms with Gasteiger partial charge in [-0.15, -0.1) is 0 Å². The molecule has 94 valence electrons. The maximum Gasteiger partial charge on any atom is 0.236 e. The zero-order chi connectivity index (χ0) is 12.1. The van der Waals surface area contributed by atoms with Crippen LogP contribution in [0.15, 0.2) is 22.8 Å². The van der Waals surface area contributed by atoms with Gasteiger partial charge in [-0.25, -0.2) is 0 Å². The summed E-state index contributed by atoms with van der Waals surface area (Å²) in [5, 5.41) is 3.20. The normalized spacial score (nSPS) is 18.1. The lowest BCUT2D eigenvalue weighted by atomic mass is 10.1. The van der Waals surface area contributed by atoms with E-state index in [0.29, 0.717) is 6.54 Å². The van der Waals surface area contributed by atoms with Gasteiger partial charge in [0.15, 0.2) is 0 Å². The van der Waals surface area contributed by atoms with Crippen molar-refractivity contribution < 1.29 is 9.21 Å². The van der Waals surface area contributed by atoms with Gasteiger partial charge in [0.25, 0.3) is 0 Å². The highest BCUT2D eigenvalue weighted by Gasteiger charge is 2.17. The second kappa shape index (κ2) is 5.87. The first-order valence-electron chi connectivity index (χ1n) is 6.32. The molecule has 2 rings (SSSR count). The summed E-state index contributed by atoms with van der Waals surface area (Å²) in [5.74, 6) is 1.07. The molecule has 2 heterocycles. The third-order valence-electron chi connectivity index (χ3n) is 3.24. The Hall–Kier alpha value is -1.29. The van der Waals surface area contributed by atoms with Crippen molar-refractivity contribution in [2.75, 3.05) is 19.6 Å². The largest absolute Gasteiger partial charge is 0.468 e. The Morgan fingerprint density at radius 2 is 2.24 bits per heavy atom. The molecule has 0 radical (unpaired) electrons. The molecule has 0 aromatic carbocycles. The molecule has 0 spiro atoms. The highest BCUT2D eigenvalue weighted by molar-refractivity contribution is 5.78. The van der Waals surface area contributed by atoms with Crippen LogP contribution >= 0.6 is 0 Å². The number of likely N-dealkylation sites (tertiary alicyclic amines) is 1. The van der Waals surface area contributed by atoms with Crippen molar-refractivity contribution in [1.29, 1.82) is 0 Å². The zero-order valence-corrected chi connectivity index (χ0v) is 10.3. The van der Waals surface area contributed by atoms with Gasteiger partial charge in [-0.1, -0.05) is 0 Å². The van der Waals surface area contributed by atoms with E-state index in [1.807, 2.05) is 24.0 Å². The summed E-state index contributed by atoms with van der Waals surface area (Å²) >= 11 is 0. The number of nitrogens with one attached hydrogen (secondary N) is 1. The first kappa shape index (κ1) is 12.2. The monoisotopic (exact) mass is 236 g/mol. The summed E-state index contributed by atoms with van der Waals surface area (Å²) in [5.41, 5.74) is 0. The van der Waals surface area contributed by atoms with Gasteiger partial charge in [0.05, 0.1) is 18.8 Å². The third kappa shape index (κ3) is 3.33. The van der Waals surface area contributed by atoms with E-state index in [1.54, 1.807) is 6.26 Å². The number of hydrogen-bond donors (Lipinski definition) is 1. The summed E-state index contributed by atoms with van der Waals surface area (Å²) in [4.78, 5) is 13.9. The van der Waals surface area contributed by atoms with Gasteiger partial charge in [0.1, 0.15) is 5.76 Å². The minimum absolute atomic E-state index is 0.0822. The molecule has 1 aromatic rings. The zero-order valence-electron chi connectivity index (χ0n) is 10.3. The van der Waals surface area contributed by atoms with Crippen molar-refractivity contribution in [2.45, 2.75) is 32.2 Å². The van der Waals surface area contributed by atoms with Crippen molar-refractivity contribution in [3.8, 4) is 0 Å². The van der Waals surface area contributed by atoms with Gasteiger partial charge in [-0.05, 0) is 38.3 Å². The maximum absolute atomic E-state index is 11.9. The molecule has 4 heteroatoms. The van der Waals surface area contributed by atoms with Crippen LogP contribution in [-0.4, -0.2) is 30.4 Å². The number of furan rings is 1. The average Bonchev–Trinajstić information content (AvgIpc) is 2.90. The van der Waals surface area contributed by atoms with Gasteiger partial charge in [0.2, 0.25) is 5.91 Å². The molecule has 4 nitrogen and oxygen atoms in total. The molecule has 0 bridgehead atoms. The number of rotatable bonds is 4. The van der Waals surface area contributed by atoms with Crippen LogP contribution < -0.4 is 5.32 Å². The fourth-order valence-electron chi connectivity index (χ4n) is 2.13. The fraction of sp³-hybridized carbons (Fsp3) is 0.615. The van der Waals surface area contributed by atoms with Crippen molar-refractivity contribution in [3.05, 3.63) is 24.2 Å². The number of hydrogen-bond acceptors (Lipinski definition) is 3. The molecule has 0 saturated carbocycles. The summed E-state index contributed by atoms with van der Waals surface area (Å²) in [6, 6.07) is 3.86. The summed E-state index contributed by atoms with van der Waals surface area (Å²) < 4.78 is 5.29. The topological polar surface area (TPSA) is 45.5 Å². The predicted molar refractivity (Wildman–Crippen MR) is 65.6 cm³/mol. The molecule has 1 atom stereocenters. The van der Waals surface area contributed by atoms with Gasteiger partial charge in [0, 0.05) is 13.1 Å². The lowest BCUT2D eigenvalue weighted by Gasteiger charge is -2.27. The van der Waals surface area contributed by atoms with Crippen LogP contribution in [0.2, 0.25) is 0 Å². The second-order valence-corrected chi connectivity index (χ2v) is 4.56. The Bertz CT molecular complexity index is 342. The molecule has 1 aliphatic heterocycles. The van der Waals surface area contributed by atoms with Gasteiger partial charge < -0.3 is 9.32 Å². The molecule has 1 amide bonds. The van der Waals surface area contributed by atoms with Crippen molar-refractivity contribution in [3.63, 3.8) is 0 Å². The molecule has 0 unspecified atom stereocenters. The Balaban J connectivity index is 1.75. The van der Waals surface area contributed by atoms with E-state index in [9.17, 15) is 4.79 Å². The molecule has 1 aliphatic rings. The van der Waals surface area contributed by atoms with E-state index in [0.717, 1.165) is 31.7 Å². The lowest BCUT2D eigenvalue weighted by Crippen LogP contribution is -2.41. The molecular weight excluding hydrogens is 216 g/mol. The number of carbonyl (C=O) groups excluding carboxylic acids is 1. The molecule has 1 fully saturated rings. The Morgan fingerprint density at radius 1 is 1.47 bits per heavy atom. The summed E-state index contributed by atoms with van der Waals surface area (Å²) in [6.45, 7) is 4.22. The number of carbonyl (C=O) groups is 1. The lowest BCUT2D eigenvalue weighted by molar-refractivity contribution is -0.131. The van der Waals surface area contributed by atoms with Gasteiger partial charge in [-0.3, -0.25) is 10.1 Å². The second-order valence-electron chi connectivity index (χ2n) is 4.56. The number of nitrogens with zero attached hydrogens (tertiary/aromatic N) is 1. The Kier molecular flexibility index (Phi) is 4.20. The van der Waals surface area contributed by atoms with E-state index in [-0.39, 0.29) is 11.9 Å². The van der Waals surface area contributed by atoms with Crippen LogP contribution in [0.1, 0.15) is 38.0 Å². The van der Waals surface area contributed by atoms with E-state index in [2.05, 4.69) is 5.32 Å². The van der Waals surface area contributed by atoms with Crippen molar-refractivity contribution >= 4 is 5.91 Å². The molecule has 17 heavy (non-hydrogen) atoms. The molecule has 1 aromatic heterocycles. The number of piperidine rings is 1. The molecular formula is C13H20N2O2. The van der Waals surface area contributed by atoms with E-state index in [4.69, 9.17) is 4.42 Å².